The second-order valence-corrected chi connectivity index (χ2v) is 9.53. The molecule has 1 saturated heterocycles. The number of aliphatic hydroxyl groups is 1. The second-order valence-electron chi connectivity index (χ2n) is 8.52. The lowest BCUT2D eigenvalue weighted by molar-refractivity contribution is -0.384. The highest BCUT2D eigenvalue weighted by atomic mass is 32.1. The number of anilines is 1. The number of methoxy groups -OCH3 is 1. The van der Waals surface area contributed by atoms with Gasteiger partial charge in [0.15, 0.2) is 5.13 Å². The summed E-state index contributed by atoms with van der Waals surface area (Å²) in [6.45, 7) is 3.67. The third-order valence-corrected chi connectivity index (χ3v) is 7.12. The number of ketones is 1. The van der Waals surface area contributed by atoms with Crippen molar-refractivity contribution in [3.63, 3.8) is 0 Å². The quantitative estimate of drug-likeness (QED) is 0.131. The SMILES string of the molecule is COc1c(C)cc(C)cc1/C(O)=C1\C(=O)C(=O)N(c2nc3ccc([N+](=O)[O-])cc3s2)C1c1cccnc1. The third kappa shape index (κ3) is 3.99. The predicted octanol–water partition coefficient (Wildman–Crippen LogP) is 4.85. The Hall–Kier alpha value is -4.64. The number of pyridine rings is 1. The largest absolute Gasteiger partial charge is 0.507 e. The summed E-state index contributed by atoms with van der Waals surface area (Å²) in [4.78, 5) is 47.4. The summed E-state index contributed by atoms with van der Waals surface area (Å²) in [5.41, 5.74) is 2.54. The molecule has 37 heavy (non-hydrogen) atoms. The Morgan fingerprint density at radius 3 is 2.65 bits per heavy atom. The number of ether oxygens (including phenoxy) is 1. The normalized spacial score (nSPS) is 16.9. The van der Waals surface area contributed by atoms with Gasteiger partial charge in [0, 0.05) is 24.5 Å². The van der Waals surface area contributed by atoms with Crippen molar-refractivity contribution < 1.29 is 24.4 Å². The zero-order valence-electron chi connectivity index (χ0n) is 20.0. The number of amides is 1. The van der Waals surface area contributed by atoms with Gasteiger partial charge in [-0.25, -0.2) is 4.98 Å². The summed E-state index contributed by atoms with van der Waals surface area (Å²) in [6.07, 6.45) is 3.06. The first-order valence-electron chi connectivity index (χ1n) is 11.1. The van der Waals surface area contributed by atoms with E-state index in [0.29, 0.717) is 21.5 Å². The Balaban J connectivity index is 1.75. The van der Waals surface area contributed by atoms with Crippen molar-refractivity contribution in [3.8, 4) is 5.75 Å². The average Bonchev–Trinajstić information content (AvgIpc) is 3.41. The number of carbonyl (C=O) groups excluding carboxylic acids is 2. The number of hydrogen-bond donors (Lipinski definition) is 1. The minimum Gasteiger partial charge on any atom is -0.507 e. The molecule has 4 aromatic rings. The number of nitrogens with zero attached hydrogens (tertiary/aromatic N) is 4. The Bertz CT molecular complexity index is 1630. The number of benzene rings is 2. The molecule has 10 nitrogen and oxygen atoms in total. The third-order valence-electron chi connectivity index (χ3n) is 6.10. The molecule has 3 heterocycles. The number of hydrogen-bond acceptors (Lipinski definition) is 9. The summed E-state index contributed by atoms with van der Waals surface area (Å²) in [6, 6.07) is 10.1. The van der Waals surface area contributed by atoms with Crippen LogP contribution in [0.1, 0.15) is 28.3 Å². The number of carbonyl (C=O) groups is 2. The number of thiazole rings is 1. The Morgan fingerprint density at radius 2 is 1.97 bits per heavy atom. The van der Waals surface area contributed by atoms with Crippen LogP contribution in [0.5, 0.6) is 5.75 Å². The Labute approximate surface area is 214 Å². The number of aromatic nitrogens is 2. The summed E-state index contributed by atoms with van der Waals surface area (Å²) in [5, 5.41) is 22.9. The summed E-state index contributed by atoms with van der Waals surface area (Å²) in [5.74, 6) is -1.77. The average molecular weight is 517 g/mol. The van der Waals surface area contributed by atoms with E-state index in [9.17, 15) is 24.8 Å². The summed E-state index contributed by atoms with van der Waals surface area (Å²) in [7, 11) is 1.46. The molecule has 0 saturated carbocycles. The van der Waals surface area contributed by atoms with Crippen LogP contribution in [-0.4, -0.2) is 38.8 Å². The number of fused-ring (bicyclic) bond motifs is 1. The maximum Gasteiger partial charge on any atom is 0.301 e. The Kier molecular flexibility index (Phi) is 5.92. The van der Waals surface area contributed by atoms with Gasteiger partial charge in [0.2, 0.25) is 0 Å². The topological polar surface area (TPSA) is 136 Å². The van der Waals surface area contributed by atoms with Crippen molar-refractivity contribution >= 4 is 49.8 Å². The maximum atomic E-state index is 13.4. The molecule has 1 unspecified atom stereocenters. The lowest BCUT2D eigenvalue weighted by Gasteiger charge is -2.23. The first kappa shape index (κ1) is 24.1. The number of rotatable bonds is 5. The van der Waals surface area contributed by atoms with Crippen LogP contribution in [0.25, 0.3) is 16.0 Å². The van der Waals surface area contributed by atoms with Gasteiger partial charge in [-0.1, -0.05) is 23.5 Å². The van der Waals surface area contributed by atoms with E-state index in [2.05, 4.69) is 9.97 Å². The van der Waals surface area contributed by atoms with Gasteiger partial charge in [-0.05, 0) is 48.7 Å². The smallest absolute Gasteiger partial charge is 0.301 e. The van der Waals surface area contributed by atoms with Crippen molar-refractivity contribution in [3.05, 3.63) is 92.8 Å². The minimum atomic E-state index is -1.03. The van der Waals surface area contributed by atoms with E-state index < -0.39 is 22.7 Å². The van der Waals surface area contributed by atoms with Crippen molar-refractivity contribution in [2.24, 2.45) is 0 Å². The molecule has 0 aliphatic carbocycles. The molecule has 1 amide bonds. The first-order chi connectivity index (χ1) is 17.7. The highest BCUT2D eigenvalue weighted by Crippen LogP contribution is 2.45. The van der Waals surface area contributed by atoms with Crippen LogP contribution in [0, 0.1) is 24.0 Å². The van der Waals surface area contributed by atoms with Crippen LogP contribution in [-0.2, 0) is 9.59 Å². The van der Waals surface area contributed by atoms with Gasteiger partial charge in [-0.2, -0.15) is 0 Å². The molecular weight excluding hydrogens is 496 g/mol. The number of aliphatic hydroxyl groups excluding tert-OH is 1. The van der Waals surface area contributed by atoms with E-state index in [-0.39, 0.29) is 27.7 Å². The van der Waals surface area contributed by atoms with E-state index in [1.807, 2.05) is 19.9 Å². The van der Waals surface area contributed by atoms with Crippen LogP contribution in [0.2, 0.25) is 0 Å². The van der Waals surface area contributed by atoms with Crippen LogP contribution >= 0.6 is 11.3 Å². The second kappa shape index (κ2) is 9.10. The van der Waals surface area contributed by atoms with Crippen LogP contribution in [0.3, 0.4) is 0 Å². The molecule has 2 aromatic heterocycles. The number of Topliss-reactive ketones (excluding diaryl/α,β-unsaturated/α-hetero) is 1. The number of nitro groups is 1. The highest BCUT2D eigenvalue weighted by Gasteiger charge is 2.48. The van der Waals surface area contributed by atoms with E-state index in [1.54, 1.807) is 24.4 Å². The van der Waals surface area contributed by atoms with E-state index >= 15 is 0 Å². The summed E-state index contributed by atoms with van der Waals surface area (Å²) >= 11 is 1.04. The van der Waals surface area contributed by atoms with E-state index in [1.165, 1.54) is 36.4 Å². The highest BCUT2D eigenvalue weighted by molar-refractivity contribution is 7.22. The van der Waals surface area contributed by atoms with Crippen molar-refractivity contribution in [2.75, 3.05) is 12.0 Å². The fourth-order valence-electron chi connectivity index (χ4n) is 4.55. The van der Waals surface area contributed by atoms with Gasteiger partial charge in [-0.3, -0.25) is 29.6 Å². The fraction of sp³-hybridized carbons (Fsp3) is 0.154. The van der Waals surface area contributed by atoms with E-state index in [0.717, 1.165) is 22.5 Å². The van der Waals surface area contributed by atoms with Crippen molar-refractivity contribution in [2.45, 2.75) is 19.9 Å². The monoisotopic (exact) mass is 516 g/mol. The Morgan fingerprint density at radius 1 is 1.19 bits per heavy atom. The number of aryl methyl sites for hydroxylation is 2. The predicted molar refractivity (Wildman–Crippen MR) is 138 cm³/mol. The van der Waals surface area contributed by atoms with Crippen LogP contribution < -0.4 is 9.64 Å². The van der Waals surface area contributed by atoms with Crippen molar-refractivity contribution in [1.82, 2.24) is 9.97 Å². The van der Waals surface area contributed by atoms with E-state index in [4.69, 9.17) is 4.74 Å². The minimum absolute atomic E-state index is 0.115. The van der Waals surface area contributed by atoms with Gasteiger partial charge >= 0.3 is 5.91 Å². The standard InChI is InChI=1S/C26H20N4O6S/c1-13-9-14(2)24(36-3)17(10-13)22(31)20-21(15-5-4-8-27-12-15)29(25(33)23(20)32)26-28-18-7-6-16(30(34)35)11-19(18)37-26/h4-12,21,31H,1-3H3/b22-20+. The molecule has 1 aliphatic rings. The molecule has 2 aromatic carbocycles. The van der Waals surface area contributed by atoms with Crippen LogP contribution in [0.15, 0.2) is 60.4 Å². The molecule has 1 fully saturated rings. The molecule has 1 N–H and O–H groups in total. The summed E-state index contributed by atoms with van der Waals surface area (Å²) < 4.78 is 5.99. The molecule has 5 rings (SSSR count). The fourth-order valence-corrected chi connectivity index (χ4v) is 5.57. The molecule has 0 bridgehead atoms. The van der Waals surface area contributed by atoms with Gasteiger partial charge in [-0.15, -0.1) is 0 Å². The molecule has 186 valence electrons. The van der Waals surface area contributed by atoms with Gasteiger partial charge in [0.25, 0.3) is 11.5 Å². The van der Waals surface area contributed by atoms with Crippen LogP contribution in [0.4, 0.5) is 10.8 Å². The zero-order valence-corrected chi connectivity index (χ0v) is 20.8. The molecule has 1 atom stereocenters. The molecule has 0 spiro atoms. The molecule has 0 radical (unpaired) electrons. The van der Waals surface area contributed by atoms with Gasteiger partial charge in [0.05, 0.1) is 39.4 Å². The number of non-ortho nitro benzene ring substituents is 1. The van der Waals surface area contributed by atoms with Crippen molar-refractivity contribution in [1.29, 1.82) is 0 Å². The number of nitro benzene ring substituents is 1. The lowest BCUT2D eigenvalue weighted by Crippen LogP contribution is -2.29. The lowest BCUT2D eigenvalue weighted by atomic mass is 9.94. The molecule has 11 heteroatoms. The molecule has 1 aliphatic heterocycles. The molecular formula is C26H20N4O6S. The van der Waals surface area contributed by atoms with Gasteiger partial charge < -0.3 is 9.84 Å². The van der Waals surface area contributed by atoms with Gasteiger partial charge in [0.1, 0.15) is 11.5 Å². The zero-order chi connectivity index (χ0) is 26.4. The maximum absolute atomic E-state index is 13.4. The first-order valence-corrected chi connectivity index (χ1v) is 11.9.